The Morgan fingerprint density at radius 2 is 1.75 bits per heavy atom. The lowest BCUT2D eigenvalue weighted by Crippen LogP contribution is -2.23. The molecule has 0 bridgehead atoms. The van der Waals surface area contributed by atoms with Crippen molar-refractivity contribution < 1.29 is 8.78 Å². The van der Waals surface area contributed by atoms with Crippen molar-refractivity contribution in [2.24, 2.45) is 0 Å². The second kappa shape index (κ2) is 6.51. The average Bonchev–Trinajstić information content (AvgIpc) is 2.47. The first-order valence-electron chi connectivity index (χ1n) is 6.87. The van der Waals surface area contributed by atoms with E-state index < -0.39 is 11.6 Å². The maximum atomic E-state index is 14.0. The van der Waals surface area contributed by atoms with Crippen LogP contribution >= 0.6 is 0 Å². The first-order chi connectivity index (χ1) is 9.61. The van der Waals surface area contributed by atoms with Gasteiger partial charge in [-0.25, -0.2) is 8.78 Å². The Morgan fingerprint density at radius 3 is 2.40 bits per heavy atom. The van der Waals surface area contributed by atoms with Gasteiger partial charge in [0.05, 0.1) is 0 Å². The van der Waals surface area contributed by atoms with E-state index in [9.17, 15) is 8.78 Å². The van der Waals surface area contributed by atoms with Crippen LogP contribution in [0.2, 0.25) is 0 Å². The predicted molar refractivity (Wildman–Crippen MR) is 78.9 cm³/mol. The lowest BCUT2D eigenvalue weighted by atomic mass is 10.0. The molecule has 0 saturated heterocycles. The third-order valence-corrected chi connectivity index (χ3v) is 3.45. The monoisotopic (exact) mass is 275 g/mol. The third kappa shape index (κ3) is 3.35. The predicted octanol–water partition coefficient (Wildman–Crippen LogP) is 4.71. The quantitative estimate of drug-likeness (QED) is 0.833. The molecule has 2 rings (SSSR count). The summed E-state index contributed by atoms with van der Waals surface area (Å²) in [5.41, 5.74) is 1.58. The molecule has 106 valence electrons. The van der Waals surface area contributed by atoms with Gasteiger partial charge in [-0.3, -0.25) is 0 Å². The van der Waals surface area contributed by atoms with Crippen LogP contribution in [0, 0.1) is 18.6 Å². The number of rotatable bonds is 5. The standard InChI is InChI=1S/C17H19F2N/c1-3-14(11-13-7-5-4-6-8-13)20-17-15(18)10-9-12(2)16(17)19/h4-10,14,20H,3,11H2,1-2H3. The largest absolute Gasteiger partial charge is 0.377 e. The molecule has 1 nitrogen and oxygen atoms in total. The van der Waals surface area contributed by atoms with Gasteiger partial charge in [0.1, 0.15) is 11.5 Å². The maximum Gasteiger partial charge on any atom is 0.152 e. The number of aryl methyl sites for hydroxylation is 1. The van der Waals surface area contributed by atoms with Crippen LogP contribution in [0.1, 0.15) is 24.5 Å². The Kier molecular flexibility index (Phi) is 4.72. The summed E-state index contributed by atoms with van der Waals surface area (Å²) < 4.78 is 27.8. The van der Waals surface area contributed by atoms with Crippen LogP contribution in [0.3, 0.4) is 0 Å². The van der Waals surface area contributed by atoms with E-state index in [1.165, 1.54) is 12.1 Å². The summed E-state index contributed by atoms with van der Waals surface area (Å²) >= 11 is 0. The summed E-state index contributed by atoms with van der Waals surface area (Å²) in [6, 6.07) is 12.7. The van der Waals surface area contributed by atoms with Crippen molar-refractivity contribution in [3.8, 4) is 0 Å². The molecule has 2 aromatic rings. The summed E-state index contributed by atoms with van der Waals surface area (Å²) in [6.07, 6.45) is 1.53. The highest BCUT2D eigenvalue weighted by Crippen LogP contribution is 2.23. The highest BCUT2D eigenvalue weighted by molar-refractivity contribution is 5.49. The van der Waals surface area contributed by atoms with Gasteiger partial charge in [-0.1, -0.05) is 43.3 Å². The summed E-state index contributed by atoms with van der Waals surface area (Å²) in [4.78, 5) is 0. The van der Waals surface area contributed by atoms with Crippen molar-refractivity contribution in [2.45, 2.75) is 32.7 Å². The van der Waals surface area contributed by atoms with Crippen LogP contribution in [0.5, 0.6) is 0 Å². The normalized spacial score (nSPS) is 12.2. The molecular weight excluding hydrogens is 256 g/mol. The summed E-state index contributed by atoms with van der Waals surface area (Å²) in [7, 11) is 0. The molecule has 1 N–H and O–H groups in total. The second-order valence-corrected chi connectivity index (χ2v) is 4.99. The van der Waals surface area contributed by atoms with Gasteiger partial charge < -0.3 is 5.32 Å². The number of nitrogens with one attached hydrogen (secondary N) is 1. The van der Waals surface area contributed by atoms with Crippen LogP contribution in [0.4, 0.5) is 14.5 Å². The number of hydrogen-bond acceptors (Lipinski definition) is 1. The lowest BCUT2D eigenvalue weighted by molar-refractivity contribution is 0.572. The number of benzene rings is 2. The van der Waals surface area contributed by atoms with Crippen molar-refractivity contribution in [1.82, 2.24) is 0 Å². The van der Waals surface area contributed by atoms with E-state index in [0.29, 0.717) is 5.56 Å². The molecule has 0 radical (unpaired) electrons. The van der Waals surface area contributed by atoms with Gasteiger partial charge in [-0.15, -0.1) is 0 Å². The van der Waals surface area contributed by atoms with Crippen molar-refractivity contribution in [1.29, 1.82) is 0 Å². The van der Waals surface area contributed by atoms with Crippen molar-refractivity contribution in [2.75, 3.05) is 5.32 Å². The number of anilines is 1. The summed E-state index contributed by atoms with van der Waals surface area (Å²) in [5.74, 6) is -1.05. The second-order valence-electron chi connectivity index (χ2n) is 4.99. The highest BCUT2D eigenvalue weighted by Gasteiger charge is 2.15. The van der Waals surface area contributed by atoms with Crippen LogP contribution in [0.15, 0.2) is 42.5 Å². The zero-order valence-electron chi connectivity index (χ0n) is 11.8. The fourth-order valence-electron chi connectivity index (χ4n) is 2.19. The molecule has 0 aliphatic heterocycles. The summed E-state index contributed by atoms with van der Waals surface area (Å²) in [6.45, 7) is 3.64. The Labute approximate surface area is 118 Å². The van der Waals surface area contributed by atoms with E-state index in [2.05, 4.69) is 5.32 Å². The maximum absolute atomic E-state index is 14.0. The fourth-order valence-corrected chi connectivity index (χ4v) is 2.19. The molecule has 0 spiro atoms. The van der Waals surface area contributed by atoms with Gasteiger partial charge in [0.15, 0.2) is 5.82 Å². The smallest absolute Gasteiger partial charge is 0.152 e. The molecule has 20 heavy (non-hydrogen) atoms. The minimum Gasteiger partial charge on any atom is -0.377 e. The molecule has 1 atom stereocenters. The van der Waals surface area contributed by atoms with Gasteiger partial charge in [-0.05, 0) is 37.0 Å². The SMILES string of the molecule is CCC(Cc1ccccc1)Nc1c(F)ccc(C)c1F. The minimum atomic E-state index is -0.542. The van der Waals surface area contributed by atoms with Gasteiger partial charge in [0.2, 0.25) is 0 Å². The molecule has 0 heterocycles. The number of halogens is 2. The van der Waals surface area contributed by atoms with Gasteiger partial charge in [0, 0.05) is 6.04 Å². The van der Waals surface area contributed by atoms with E-state index in [-0.39, 0.29) is 11.7 Å². The molecular formula is C17H19F2N. The number of hydrogen-bond donors (Lipinski definition) is 1. The van der Waals surface area contributed by atoms with E-state index in [4.69, 9.17) is 0 Å². The van der Waals surface area contributed by atoms with Crippen LogP contribution < -0.4 is 5.32 Å². The van der Waals surface area contributed by atoms with E-state index in [0.717, 1.165) is 18.4 Å². The molecule has 2 aromatic carbocycles. The first kappa shape index (κ1) is 14.5. The fraction of sp³-hybridized carbons (Fsp3) is 0.294. The molecule has 0 aliphatic rings. The van der Waals surface area contributed by atoms with Crippen LogP contribution in [0.25, 0.3) is 0 Å². The van der Waals surface area contributed by atoms with E-state index in [1.54, 1.807) is 6.92 Å². The molecule has 0 aliphatic carbocycles. The Hall–Kier alpha value is -1.90. The zero-order chi connectivity index (χ0) is 14.5. The van der Waals surface area contributed by atoms with Gasteiger partial charge in [0.25, 0.3) is 0 Å². The Morgan fingerprint density at radius 1 is 1.05 bits per heavy atom. The molecule has 0 saturated carbocycles. The molecule has 3 heteroatoms. The van der Waals surface area contributed by atoms with Crippen molar-refractivity contribution >= 4 is 5.69 Å². The van der Waals surface area contributed by atoms with Crippen molar-refractivity contribution in [3.05, 3.63) is 65.2 Å². The molecule has 1 unspecified atom stereocenters. The topological polar surface area (TPSA) is 12.0 Å². The third-order valence-electron chi connectivity index (χ3n) is 3.45. The van der Waals surface area contributed by atoms with Crippen LogP contribution in [-0.2, 0) is 6.42 Å². The first-order valence-corrected chi connectivity index (χ1v) is 6.87. The average molecular weight is 275 g/mol. The molecule has 0 fully saturated rings. The Balaban J connectivity index is 2.17. The van der Waals surface area contributed by atoms with Gasteiger partial charge >= 0.3 is 0 Å². The highest BCUT2D eigenvalue weighted by atomic mass is 19.1. The minimum absolute atomic E-state index is 0.00296. The Bertz CT molecular complexity index is 567. The van der Waals surface area contributed by atoms with Gasteiger partial charge in [-0.2, -0.15) is 0 Å². The van der Waals surface area contributed by atoms with Crippen molar-refractivity contribution in [3.63, 3.8) is 0 Å². The zero-order valence-corrected chi connectivity index (χ0v) is 11.8. The molecule has 0 amide bonds. The summed E-state index contributed by atoms with van der Waals surface area (Å²) in [5, 5.41) is 3.00. The van der Waals surface area contributed by atoms with E-state index >= 15 is 0 Å². The van der Waals surface area contributed by atoms with Crippen LogP contribution in [-0.4, -0.2) is 6.04 Å². The van der Waals surface area contributed by atoms with E-state index in [1.807, 2.05) is 37.3 Å². The lowest BCUT2D eigenvalue weighted by Gasteiger charge is -2.20. The molecule has 0 aromatic heterocycles.